The number of aliphatic hydroxyl groups excluding tert-OH is 1. The Hall–Kier alpha value is -0.120. The fourth-order valence-electron chi connectivity index (χ4n) is 1.56. The third-order valence-electron chi connectivity index (χ3n) is 2.51. The Kier molecular flexibility index (Phi) is 2.11. The normalized spacial score (nSPS) is 39.0. The maximum Gasteiger partial charge on any atom is 0.0930 e. The first kappa shape index (κ1) is 7.53. The van der Waals surface area contributed by atoms with Crippen LogP contribution in [0.3, 0.4) is 0 Å². The first-order chi connectivity index (χ1) is 5.40. The Balaban J connectivity index is 1.75. The van der Waals surface area contributed by atoms with E-state index in [4.69, 9.17) is 9.84 Å². The summed E-state index contributed by atoms with van der Waals surface area (Å²) in [6, 6.07) is 0.567. The zero-order chi connectivity index (χ0) is 7.68. The fraction of sp³-hybridized carbons (Fsp3) is 1.00. The van der Waals surface area contributed by atoms with Crippen molar-refractivity contribution < 1.29 is 9.84 Å². The van der Waals surface area contributed by atoms with Gasteiger partial charge in [-0.3, -0.25) is 0 Å². The van der Waals surface area contributed by atoms with Crippen LogP contribution in [0.2, 0.25) is 0 Å². The van der Waals surface area contributed by atoms with E-state index in [9.17, 15) is 0 Å². The van der Waals surface area contributed by atoms with E-state index in [1.165, 1.54) is 12.8 Å². The molecule has 2 aliphatic rings. The zero-order valence-electron chi connectivity index (χ0n) is 6.62. The van der Waals surface area contributed by atoms with Crippen LogP contribution in [-0.4, -0.2) is 37.0 Å². The summed E-state index contributed by atoms with van der Waals surface area (Å²) in [6.07, 6.45) is 2.74. The van der Waals surface area contributed by atoms with Crippen molar-refractivity contribution in [3.05, 3.63) is 0 Å². The van der Waals surface area contributed by atoms with Crippen LogP contribution in [0, 0.1) is 5.92 Å². The van der Waals surface area contributed by atoms with E-state index in [1.807, 2.05) is 0 Å². The van der Waals surface area contributed by atoms with Crippen molar-refractivity contribution in [2.45, 2.75) is 25.0 Å². The number of morpholine rings is 1. The quantitative estimate of drug-likeness (QED) is 0.580. The molecule has 64 valence electrons. The summed E-state index contributed by atoms with van der Waals surface area (Å²) < 4.78 is 5.43. The molecule has 3 nitrogen and oxygen atoms in total. The number of hydrogen-bond acceptors (Lipinski definition) is 3. The van der Waals surface area contributed by atoms with E-state index in [2.05, 4.69) is 5.32 Å². The summed E-state index contributed by atoms with van der Waals surface area (Å²) in [5, 5.41) is 12.2. The van der Waals surface area contributed by atoms with Crippen LogP contribution < -0.4 is 5.32 Å². The van der Waals surface area contributed by atoms with Crippen LogP contribution in [0.25, 0.3) is 0 Å². The van der Waals surface area contributed by atoms with Gasteiger partial charge in [0, 0.05) is 12.6 Å². The van der Waals surface area contributed by atoms with Gasteiger partial charge in [0.05, 0.1) is 19.3 Å². The molecule has 0 amide bonds. The van der Waals surface area contributed by atoms with Crippen molar-refractivity contribution in [3.8, 4) is 0 Å². The maximum absolute atomic E-state index is 8.77. The summed E-state index contributed by atoms with van der Waals surface area (Å²) in [4.78, 5) is 0. The molecule has 1 saturated heterocycles. The SMILES string of the molecule is OCC1CNC(C2CC2)CO1. The van der Waals surface area contributed by atoms with Crippen LogP contribution in [0.15, 0.2) is 0 Å². The first-order valence-corrected chi connectivity index (χ1v) is 4.36. The topological polar surface area (TPSA) is 41.5 Å². The minimum atomic E-state index is 0.0324. The first-order valence-electron chi connectivity index (χ1n) is 4.36. The molecule has 1 saturated carbocycles. The summed E-state index contributed by atoms with van der Waals surface area (Å²) in [7, 11) is 0. The number of aliphatic hydroxyl groups is 1. The summed E-state index contributed by atoms with van der Waals surface area (Å²) in [6.45, 7) is 1.75. The Morgan fingerprint density at radius 1 is 1.45 bits per heavy atom. The molecule has 0 aromatic rings. The van der Waals surface area contributed by atoms with Gasteiger partial charge >= 0.3 is 0 Å². The van der Waals surface area contributed by atoms with E-state index in [0.29, 0.717) is 6.04 Å². The van der Waals surface area contributed by atoms with Crippen molar-refractivity contribution >= 4 is 0 Å². The van der Waals surface area contributed by atoms with Crippen molar-refractivity contribution in [2.75, 3.05) is 19.8 Å². The third kappa shape index (κ3) is 1.72. The highest BCUT2D eigenvalue weighted by molar-refractivity contribution is 4.89. The van der Waals surface area contributed by atoms with Gasteiger partial charge in [-0.1, -0.05) is 0 Å². The summed E-state index contributed by atoms with van der Waals surface area (Å²) in [5.41, 5.74) is 0. The van der Waals surface area contributed by atoms with Crippen LogP contribution in [0.5, 0.6) is 0 Å². The predicted octanol–water partition coefficient (Wildman–Crippen LogP) is -0.254. The molecule has 0 aromatic carbocycles. The lowest BCUT2D eigenvalue weighted by Gasteiger charge is -2.29. The van der Waals surface area contributed by atoms with Crippen molar-refractivity contribution in [3.63, 3.8) is 0 Å². The molecule has 1 aliphatic heterocycles. The molecule has 2 fully saturated rings. The van der Waals surface area contributed by atoms with Gasteiger partial charge in [0.1, 0.15) is 0 Å². The van der Waals surface area contributed by atoms with Crippen LogP contribution in [0.4, 0.5) is 0 Å². The highest BCUT2D eigenvalue weighted by Gasteiger charge is 2.33. The number of nitrogens with one attached hydrogen (secondary N) is 1. The largest absolute Gasteiger partial charge is 0.394 e. The average molecular weight is 157 g/mol. The van der Waals surface area contributed by atoms with Crippen molar-refractivity contribution in [1.82, 2.24) is 5.32 Å². The molecule has 2 atom stereocenters. The number of rotatable bonds is 2. The molecule has 0 spiro atoms. The minimum Gasteiger partial charge on any atom is -0.394 e. The van der Waals surface area contributed by atoms with E-state index in [1.54, 1.807) is 0 Å². The van der Waals surface area contributed by atoms with Gasteiger partial charge in [-0.15, -0.1) is 0 Å². The Bertz CT molecular complexity index is 128. The smallest absolute Gasteiger partial charge is 0.0930 e. The van der Waals surface area contributed by atoms with Crippen LogP contribution >= 0.6 is 0 Å². The second kappa shape index (κ2) is 3.09. The van der Waals surface area contributed by atoms with Gasteiger partial charge in [0.25, 0.3) is 0 Å². The summed E-state index contributed by atoms with van der Waals surface area (Å²) >= 11 is 0. The van der Waals surface area contributed by atoms with E-state index < -0.39 is 0 Å². The fourth-order valence-corrected chi connectivity index (χ4v) is 1.56. The van der Waals surface area contributed by atoms with Gasteiger partial charge in [0.15, 0.2) is 0 Å². The molecule has 2 N–H and O–H groups in total. The monoisotopic (exact) mass is 157 g/mol. The molecular formula is C8H15NO2. The molecule has 0 radical (unpaired) electrons. The predicted molar refractivity (Wildman–Crippen MR) is 41.3 cm³/mol. The van der Waals surface area contributed by atoms with Crippen LogP contribution in [-0.2, 0) is 4.74 Å². The van der Waals surface area contributed by atoms with Crippen molar-refractivity contribution in [2.24, 2.45) is 5.92 Å². The molecule has 2 unspecified atom stereocenters. The van der Waals surface area contributed by atoms with Gasteiger partial charge in [0.2, 0.25) is 0 Å². The zero-order valence-corrected chi connectivity index (χ0v) is 6.62. The molecular weight excluding hydrogens is 142 g/mol. The molecule has 0 bridgehead atoms. The van der Waals surface area contributed by atoms with Gasteiger partial charge < -0.3 is 15.2 Å². The van der Waals surface area contributed by atoms with Gasteiger partial charge in [-0.25, -0.2) is 0 Å². The Morgan fingerprint density at radius 3 is 2.73 bits per heavy atom. The highest BCUT2D eigenvalue weighted by Crippen LogP contribution is 2.33. The lowest BCUT2D eigenvalue weighted by atomic mass is 10.1. The standard InChI is InChI=1S/C8H15NO2/c10-4-7-3-9-8(5-11-7)6-1-2-6/h6-10H,1-5H2. The van der Waals surface area contributed by atoms with Crippen molar-refractivity contribution in [1.29, 1.82) is 0 Å². The summed E-state index contributed by atoms with van der Waals surface area (Å²) in [5.74, 6) is 0.856. The van der Waals surface area contributed by atoms with E-state index in [0.717, 1.165) is 19.1 Å². The van der Waals surface area contributed by atoms with Gasteiger partial charge in [-0.05, 0) is 18.8 Å². The number of ether oxygens (including phenoxy) is 1. The Morgan fingerprint density at radius 2 is 2.27 bits per heavy atom. The second-order valence-corrected chi connectivity index (χ2v) is 3.49. The molecule has 0 aromatic heterocycles. The maximum atomic E-state index is 8.77. The molecule has 11 heavy (non-hydrogen) atoms. The second-order valence-electron chi connectivity index (χ2n) is 3.49. The lowest BCUT2D eigenvalue weighted by molar-refractivity contribution is -0.0290. The third-order valence-corrected chi connectivity index (χ3v) is 2.51. The molecule has 3 heteroatoms. The molecule has 1 heterocycles. The Labute approximate surface area is 66.7 Å². The van der Waals surface area contributed by atoms with Gasteiger partial charge in [-0.2, -0.15) is 0 Å². The highest BCUT2D eigenvalue weighted by atomic mass is 16.5. The van der Waals surface area contributed by atoms with Crippen LogP contribution in [0.1, 0.15) is 12.8 Å². The van der Waals surface area contributed by atoms with E-state index in [-0.39, 0.29) is 12.7 Å². The average Bonchev–Trinajstić information content (AvgIpc) is 2.87. The molecule has 1 aliphatic carbocycles. The van der Waals surface area contributed by atoms with E-state index >= 15 is 0 Å². The molecule has 2 rings (SSSR count). The minimum absolute atomic E-state index is 0.0324. The number of hydrogen-bond donors (Lipinski definition) is 2. The lowest BCUT2D eigenvalue weighted by Crippen LogP contribution is -2.48.